The topological polar surface area (TPSA) is 61.7 Å². The number of aryl methyl sites for hydroxylation is 1. The van der Waals surface area contributed by atoms with Gasteiger partial charge in [0.15, 0.2) is 5.82 Å². The molecule has 0 amide bonds. The molecule has 0 unspecified atom stereocenters. The first-order valence-corrected chi connectivity index (χ1v) is 8.03. The number of aromatic nitrogens is 4. The van der Waals surface area contributed by atoms with Crippen LogP contribution in [-0.2, 0) is 0 Å². The summed E-state index contributed by atoms with van der Waals surface area (Å²) in [6.45, 7) is 1.79. The SMILES string of the molecule is Cc1ccc2nc(-n3cnc4cc(N)ccc43)n(C3CC3)c2c1F. The minimum atomic E-state index is -0.188. The van der Waals surface area contributed by atoms with Gasteiger partial charge in [-0.05, 0) is 49.6 Å². The molecule has 0 bridgehead atoms. The molecular weight excluding hydrogens is 305 g/mol. The second kappa shape index (κ2) is 4.56. The number of halogens is 1. The molecule has 0 atom stereocenters. The summed E-state index contributed by atoms with van der Waals surface area (Å²) in [6.07, 6.45) is 3.83. The molecule has 2 N–H and O–H groups in total. The van der Waals surface area contributed by atoms with Crippen LogP contribution in [-0.4, -0.2) is 19.1 Å². The Bertz CT molecular complexity index is 1100. The van der Waals surface area contributed by atoms with Crippen LogP contribution >= 0.6 is 0 Å². The number of imidazole rings is 2. The van der Waals surface area contributed by atoms with Crippen molar-refractivity contribution in [1.29, 1.82) is 0 Å². The number of nitrogen functional groups attached to an aromatic ring is 1. The predicted molar refractivity (Wildman–Crippen MR) is 91.7 cm³/mol. The Morgan fingerprint density at radius 1 is 1.17 bits per heavy atom. The van der Waals surface area contributed by atoms with E-state index in [9.17, 15) is 4.39 Å². The minimum absolute atomic E-state index is 0.188. The molecule has 0 aliphatic heterocycles. The zero-order chi connectivity index (χ0) is 16.4. The van der Waals surface area contributed by atoms with Crippen molar-refractivity contribution in [2.75, 3.05) is 5.73 Å². The molecule has 5 rings (SSSR count). The Hall–Kier alpha value is -2.89. The average Bonchev–Trinajstić information content (AvgIpc) is 3.20. The Balaban J connectivity index is 1.86. The van der Waals surface area contributed by atoms with Gasteiger partial charge in [-0.3, -0.25) is 4.57 Å². The van der Waals surface area contributed by atoms with Crippen LogP contribution in [0.1, 0.15) is 24.4 Å². The molecule has 0 radical (unpaired) electrons. The third kappa shape index (κ3) is 1.79. The van der Waals surface area contributed by atoms with E-state index < -0.39 is 0 Å². The number of nitrogens with zero attached hydrogens (tertiary/aromatic N) is 4. The highest BCUT2D eigenvalue weighted by Crippen LogP contribution is 2.41. The molecule has 2 aromatic heterocycles. The molecule has 1 aliphatic rings. The van der Waals surface area contributed by atoms with Gasteiger partial charge in [-0.1, -0.05) is 6.07 Å². The highest BCUT2D eigenvalue weighted by molar-refractivity contribution is 5.83. The van der Waals surface area contributed by atoms with Crippen LogP contribution in [0.4, 0.5) is 10.1 Å². The maximum atomic E-state index is 14.8. The van der Waals surface area contributed by atoms with Crippen LogP contribution in [0.2, 0.25) is 0 Å². The van der Waals surface area contributed by atoms with E-state index in [1.54, 1.807) is 19.3 Å². The zero-order valence-corrected chi connectivity index (χ0v) is 13.2. The monoisotopic (exact) mass is 321 g/mol. The van der Waals surface area contributed by atoms with Gasteiger partial charge in [0.1, 0.15) is 11.8 Å². The number of benzene rings is 2. The molecule has 1 fully saturated rings. The first-order valence-electron chi connectivity index (χ1n) is 8.03. The summed E-state index contributed by atoms with van der Waals surface area (Å²) >= 11 is 0. The number of rotatable bonds is 2. The molecule has 1 saturated carbocycles. The number of nitrogens with two attached hydrogens (primary N) is 1. The predicted octanol–water partition coefficient (Wildman–Crippen LogP) is 3.74. The standard InChI is InChI=1S/C18H16FN5/c1-10-2-6-13-17(16(10)19)24(12-4-5-12)18(22-13)23-9-21-14-8-11(20)3-7-15(14)23/h2-3,6-9,12H,4-5,20H2,1H3. The van der Waals surface area contributed by atoms with Gasteiger partial charge in [-0.15, -0.1) is 0 Å². The van der Waals surface area contributed by atoms with Crippen molar-refractivity contribution in [1.82, 2.24) is 19.1 Å². The molecule has 0 saturated heterocycles. The van der Waals surface area contributed by atoms with Gasteiger partial charge in [0, 0.05) is 11.7 Å². The summed E-state index contributed by atoms with van der Waals surface area (Å²) in [4.78, 5) is 9.13. The number of hydrogen-bond acceptors (Lipinski definition) is 3. The van der Waals surface area contributed by atoms with E-state index >= 15 is 0 Å². The summed E-state index contributed by atoms with van der Waals surface area (Å²) in [7, 11) is 0. The van der Waals surface area contributed by atoms with Gasteiger partial charge in [0.2, 0.25) is 5.95 Å². The lowest BCUT2D eigenvalue weighted by Gasteiger charge is -2.10. The second-order valence-electron chi connectivity index (χ2n) is 6.44. The van der Waals surface area contributed by atoms with Crippen molar-refractivity contribution < 1.29 is 4.39 Å². The smallest absolute Gasteiger partial charge is 0.217 e. The molecule has 0 spiro atoms. The van der Waals surface area contributed by atoms with Crippen LogP contribution in [0, 0.1) is 12.7 Å². The highest BCUT2D eigenvalue weighted by atomic mass is 19.1. The summed E-state index contributed by atoms with van der Waals surface area (Å²) in [5, 5.41) is 0. The van der Waals surface area contributed by atoms with Crippen LogP contribution in [0.15, 0.2) is 36.7 Å². The Morgan fingerprint density at radius 2 is 2.00 bits per heavy atom. The molecule has 120 valence electrons. The first kappa shape index (κ1) is 13.5. The van der Waals surface area contributed by atoms with Gasteiger partial charge in [0.05, 0.1) is 16.6 Å². The number of hydrogen-bond donors (Lipinski definition) is 1. The van der Waals surface area contributed by atoms with Crippen molar-refractivity contribution in [3.05, 3.63) is 48.0 Å². The van der Waals surface area contributed by atoms with Crippen LogP contribution in [0.5, 0.6) is 0 Å². The highest BCUT2D eigenvalue weighted by Gasteiger charge is 2.31. The van der Waals surface area contributed by atoms with Gasteiger partial charge in [0.25, 0.3) is 0 Å². The molecule has 2 heterocycles. The number of anilines is 1. The van der Waals surface area contributed by atoms with E-state index in [0.29, 0.717) is 34.3 Å². The van der Waals surface area contributed by atoms with Crippen LogP contribution in [0.3, 0.4) is 0 Å². The van der Waals surface area contributed by atoms with Gasteiger partial charge in [-0.25, -0.2) is 14.4 Å². The Kier molecular flexibility index (Phi) is 2.58. The van der Waals surface area contributed by atoms with E-state index in [4.69, 9.17) is 10.7 Å². The normalized spacial score (nSPS) is 14.8. The van der Waals surface area contributed by atoms with Crippen molar-refractivity contribution in [2.45, 2.75) is 25.8 Å². The van der Waals surface area contributed by atoms with Crippen LogP contribution in [0.25, 0.3) is 28.0 Å². The maximum Gasteiger partial charge on any atom is 0.217 e. The van der Waals surface area contributed by atoms with Crippen molar-refractivity contribution in [2.24, 2.45) is 0 Å². The summed E-state index contributed by atoms with van der Waals surface area (Å²) in [5.74, 6) is 0.524. The molecule has 24 heavy (non-hydrogen) atoms. The fourth-order valence-corrected chi connectivity index (χ4v) is 3.27. The van der Waals surface area contributed by atoms with E-state index in [-0.39, 0.29) is 5.82 Å². The van der Waals surface area contributed by atoms with Crippen LogP contribution < -0.4 is 5.73 Å². The lowest BCUT2D eigenvalue weighted by atomic mass is 10.2. The summed E-state index contributed by atoms with van der Waals surface area (Å²) in [6, 6.07) is 9.56. The van der Waals surface area contributed by atoms with Crippen molar-refractivity contribution in [3.8, 4) is 5.95 Å². The maximum absolute atomic E-state index is 14.8. The van der Waals surface area contributed by atoms with Gasteiger partial charge >= 0.3 is 0 Å². The third-order valence-electron chi connectivity index (χ3n) is 4.66. The summed E-state index contributed by atoms with van der Waals surface area (Å²) in [5.41, 5.74) is 10.1. The largest absolute Gasteiger partial charge is 0.399 e. The first-order chi connectivity index (χ1) is 11.6. The van der Waals surface area contributed by atoms with E-state index in [2.05, 4.69) is 4.98 Å². The molecule has 6 heteroatoms. The Morgan fingerprint density at radius 3 is 2.79 bits per heavy atom. The lowest BCUT2D eigenvalue weighted by Crippen LogP contribution is -2.05. The molecule has 5 nitrogen and oxygen atoms in total. The Labute approximate surface area is 137 Å². The molecule has 1 aliphatic carbocycles. The van der Waals surface area contributed by atoms with Crippen molar-refractivity contribution in [3.63, 3.8) is 0 Å². The zero-order valence-electron chi connectivity index (χ0n) is 13.2. The number of fused-ring (bicyclic) bond motifs is 2. The fourth-order valence-electron chi connectivity index (χ4n) is 3.27. The lowest BCUT2D eigenvalue weighted by molar-refractivity contribution is 0.613. The van der Waals surface area contributed by atoms with Gasteiger partial charge in [-0.2, -0.15) is 0 Å². The van der Waals surface area contributed by atoms with E-state index in [1.807, 2.05) is 33.4 Å². The molecule has 4 aromatic rings. The van der Waals surface area contributed by atoms with Crippen molar-refractivity contribution >= 4 is 27.8 Å². The average molecular weight is 321 g/mol. The fraction of sp³-hybridized carbons (Fsp3) is 0.222. The quantitative estimate of drug-likeness (QED) is 0.572. The second-order valence-corrected chi connectivity index (χ2v) is 6.44. The van der Waals surface area contributed by atoms with E-state index in [1.165, 1.54) is 0 Å². The molecular formula is C18H16FN5. The minimum Gasteiger partial charge on any atom is -0.399 e. The van der Waals surface area contributed by atoms with Gasteiger partial charge < -0.3 is 10.3 Å². The third-order valence-corrected chi connectivity index (χ3v) is 4.66. The van der Waals surface area contributed by atoms with E-state index in [0.717, 1.165) is 23.9 Å². The summed E-state index contributed by atoms with van der Waals surface area (Å²) < 4.78 is 18.7. The molecule has 2 aromatic carbocycles.